The Labute approximate surface area is 397 Å². The number of carbonyl (C=O) groups excluding carboxylic acids is 3. The number of carbonyl (C=O) groups is 3. The highest BCUT2D eigenvalue weighted by Crippen LogP contribution is 2.36. The van der Waals surface area contributed by atoms with Crippen molar-refractivity contribution in [3.05, 3.63) is 166 Å². The summed E-state index contributed by atoms with van der Waals surface area (Å²) in [4.78, 5) is 39.0. The van der Waals surface area contributed by atoms with Crippen molar-refractivity contribution in [1.82, 2.24) is 14.1 Å². The number of nitriles is 1. The topological polar surface area (TPSA) is 125 Å². The number of anilines is 1. The highest BCUT2D eigenvalue weighted by Gasteiger charge is 2.34. The van der Waals surface area contributed by atoms with Crippen LogP contribution in [0.25, 0.3) is 21.8 Å². The van der Waals surface area contributed by atoms with Crippen LogP contribution in [0.1, 0.15) is 94.5 Å². The minimum Gasteiger partial charge on any atom is -0.497 e. The Balaban J connectivity index is 0.000000177. The summed E-state index contributed by atoms with van der Waals surface area (Å²) in [6, 6.07) is 37.6. The second-order valence-electron chi connectivity index (χ2n) is 17.8. The van der Waals surface area contributed by atoms with E-state index < -0.39 is 17.6 Å². The van der Waals surface area contributed by atoms with Gasteiger partial charge in [-0.1, -0.05) is 73.9 Å². The number of alkyl halides is 3. The molecule has 2 aliphatic heterocycles. The maximum absolute atomic E-state index is 13.6. The number of hydrazone groups is 2. The van der Waals surface area contributed by atoms with E-state index in [4.69, 9.17) is 15.1 Å². The number of methoxy groups -OCH3 is 1. The van der Waals surface area contributed by atoms with Crippen molar-refractivity contribution in [3.8, 4) is 11.8 Å². The Morgan fingerprint density at radius 1 is 0.739 bits per heavy atom. The summed E-state index contributed by atoms with van der Waals surface area (Å²) in [5.74, 6) is 0.00900. The molecule has 3 aliphatic rings. The molecule has 5 aromatic carbocycles. The van der Waals surface area contributed by atoms with E-state index in [1.165, 1.54) is 66.2 Å². The predicted molar refractivity (Wildman–Crippen MR) is 260 cm³/mol. The van der Waals surface area contributed by atoms with Crippen molar-refractivity contribution < 1.29 is 32.3 Å². The lowest BCUT2D eigenvalue weighted by atomic mass is 9.95. The maximum atomic E-state index is 13.6. The molecule has 0 saturated heterocycles. The van der Waals surface area contributed by atoms with E-state index in [1.54, 1.807) is 54.0 Å². The fourth-order valence-electron chi connectivity index (χ4n) is 9.80. The van der Waals surface area contributed by atoms with Crippen molar-refractivity contribution in [2.75, 3.05) is 12.1 Å². The molecule has 0 radical (unpaired) electrons. The number of benzene rings is 5. The molecule has 69 heavy (non-hydrogen) atoms. The lowest BCUT2D eigenvalue weighted by Gasteiger charge is -2.27. The Morgan fingerprint density at radius 3 is 2.13 bits per heavy atom. The fraction of sp³-hybridized carbons (Fsp3) is 0.273. The largest absolute Gasteiger partial charge is 0.497 e. The number of halogens is 3. The average molecular weight is 930 g/mol. The van der Waals surface area contributed by atoms with Crippen LogP contribution in [0.4, 0.5) is 18.9 Å². The monoisotopic (exact) mass is 929 g/mol. The maximum Gasteiger partial charge on any atom is 0.416 e. The second-order valence-corrected chi connectivity index (χ2v) is 17.8. The first-order chi connectivity index (χ1) is 33.3. The molecule has 0 spiro atoms. The molecule has 11 nitrogen and oxygen atoms in total. The standard InChI is InChI=1S/C29H21F3N4O3.C26H29N3O/c1-17-24(13-21-14-27(37)36(34-21)22-5-3-4-20(12-22)29(30,31)32)25-15-23(39-2)10-11-26(25)35(17)28(38)19-8-6-18(16-33)7-9-19;1-19-24(16-21-17-26(30)29(27-21)22-12-6-3-7-13-22)23-14-8-9-15-25(23)28(19)18-20-10-4-2-5-11-20/h3-12,15H,13-14H2,1-2H3;2,4-5,8-11,14-15,22H,3,6-7,12-13,16-18H2,1H3. The molecule has 1 aliphatic carbocycles. The first-order valence-corrected chi connectivity index (χ1v) is 23.1. The normalized spacial score (nSPS) is 15.3. The number of rotatable bonds is 10. The van der Waals surface area contributed by atoms with Crippen molar-refractivity contribution in [2.24, 2.45) is 10.2 Å². The van der Waals surface area contributed by atoms with Crippen LogP contribution >= 0.6 is 0 Å². The van der Waals surface area contributed by atoms with Gasteiger partial charge in [0.2, 0.25) is 5.91 Å². The molecule has 0 N–H and O–H groups in total. The van der Waals surface area contributed by atoms with Crippen LogP contribution in [0.5, 0.6) is 5.75 Å². The van der Waals surface area contributed by atoms with Gasteiger partial charge in [0.15, 0.2) is 0 Å². The van der Waals surface area contributed by atoms with Gasteiger partial charge < -0.3 is 9.30 Å². The SMILES string of the molecule is COc1ccc2c(c1)c(CC1=NN(c3cccc(C(F)(F)F)c3)C(=O)C1)c(C)n2C(=O)c1ccc(C#N)cc1.Cc1c(CC2=NN(C3CCCCC3)C(=O)C2)c2ccccc2n1Cc1ccccc1. The summed E-state index contributed by atoms with van der Waals surface area (Å²) in [6.07, 6.45) is 2.70. The molecule has 0 atom stereocenters. The van der Waals surface area contributed by atoms with Gasteiger partial charge in [-0.15, -0.1) is 0 Å². The average Bonchev–Trinajstić information content (AvgIpc) is 4.09. The molecule has 7 aromatic rings. The molecule has 10 rings (SSSR count). The van der Waals surface area contributed by atoms with Gasteiger partial charge in [0.25, 0.3) is 11.8 Å². The third kappa shape index (κ3) is 9.54. The predicted octanol–water partition coefficient (Wildman–Crippen LogP) is 11.3. The minimum absolute atomic E-state index is 0.0293. The Bertz CT molecular complexity index is 3210. The number of fused-ring (bicyclic) bond motifs is 2. The summed E-state index contributed by atoms with van der Waals surface area (Å²) in [7, 11) is 1.53. The Hall–Kier alpha value is -7.79. The summed E-state index contributed by atoms with van der Waals surface area (Å²) in [5.41, 5.74) is 8.55. The minimum atomic E-state index is -4.55. The molecule has 2 aromatic heterocycles. The molecule has 1 fully saturated rings. The van der Waals surface area contributed by atoms with Gasteiger partial charge in [-0.25, -0.2) is 10.0 Å². The number of hydrogen-bond donors (Lipinski definition) is 0. The first-order valence-electron chi connectivity index (χ1n) is 23.1. The third-order valence-electron chi connectivity index (χ3n) is 13.3. The molecule has 2 amide bonds. The molecule has 350 valence electrons. The quantitative estimate of drug-likeness (QED) is 0.135. The molecule has 0 unspecified atom stereocenters. The molecule has 14 heteroatoms. The molecule has 1 saturated carbocycles. The summed E-state index contributed by atoms with van der Waals surface area (Å²) < 4.78 is 49.0. The summed E-state index contributed by atoms with van der Waals surface area (Å²) in [5, 5.41) is 23.1. The third-order valence-corrected chi connectivity index (χ3v) is 13.3. The second kappa shape index (κ2) is 19.4. The van der Waals surface area contributed by atoms with Crippen LogP contribution in [0.2, 0.25) is 0 Å². The summed E-state index contributed by atoms with van der Waals surface area (Å²) >= 11 is 0. The van der Waals surface area contributed by atoms with E-state index >= 15 is 0 Å². The lowest BCUT2D eigenvalue weighted by Crippen LogP contribution is -2.34. The number of aromatic nitrogens is 2. The first kappa shape index (κ1) is 46.3. The van der Waals surface area contributed by atoms with Gasteiger partial charge in [-0.2, -0.15) is 28.6 Å². The zero-order valence-electron chi connectivity index (χ0n) is 38.6. The Kier molecular flexibility index (Phi) is 13.1. The van der Waals surface area contributed by atoms with Gasteiger partial charge in [0.05, 0.1) is 65.8 Å². The Morgan fingerprint density at radius 2 is 1.42 bits per heavy atom. The van der Waals surface area contributed by atoms with E-state index in [-0.39, 0.29) is 30.3 Å². The van der Waals surface area contributed by atoms with E-state index in [1.807, 2.05) is 11.1 Å². The molecular weight excluding hydrogens is 880 g/mol. The van der Waals surface area contributed by atoms with Crippen LogP contribution in [0.3, 0.4) is 0 Å². The van der Waals surface area contributed by atoms with Gasteiger partial charge in [0, 0.05) is 52.6 Å². The number of ether oxygens (including phenoxy) is 1. The molecule has 0 bridgehead atoms. The van der Waals surface area contributed by atoms with Gasteiger partial charge in [-0.05, 0) is 110 Å². The van der Waals surface area contributed by atoms with Gasteiger partial charge in [0.1, 0.15) is 5.75 Å². The van der Waals surface area contributed by atoms with Gasteiger partial charge >= 0.3 is 6.18 Å². The zero-order valence-corrected chi connectivity index (χ0v) is 38.6. The summed E-state index contributed by atoms with van der Waals surface area (Å²) in [6.45, 7) is 4.84. The number of para-hydroxylation sites is 1. The smallest absolute Gasteiger partial charge is 0.416 e. The van der Waals surface area contributed by atoms with Crippen LogP contribution in [0.15, 0.2) is 132 Å². The van der Waals surface area contributed by atoms with Crippen molar-refractivity contribution in [3.63, 3.8) is 0 Å². The molecule has 4 heterocycles. The highest BCUT2D eigenvalue weighted by molar-refractivity contribution is 6.15. The van der Waals surface area contributed by atoms with Crippen molar-refractivity contribution >= 4 is 56.6 Å². The zero-order chi connectivity index (χ0) is 48.4. The van der Waals surface area contributed by atoms with E-state index in [9.17, 15) is 27.6 Å². The van der Waals surface area contributed by atoms with Crippen LogP contribution in [0, 0.1) is 25.2 Å². The van der Waals surface area contributed by atoms with Crippen molar-refractivity contribution in [2.45, 2.75) is 90.4 Å². The highest BCUT2D eigenvalue weighted by atomic mass is 19.4. The van der Waals surface area contributed by atoms with E-state index in [2.05, 4.69) is 71.2 Å². The number of hydrogen-bond acceptors (Lipinski definition) is 7. The number of amides is 2. The number of nitrogens with zero attached hydrogens (tertiary/aromatic N) is 7. The van der Waals surface area contributed by atoms with Crippen molar-refractivity contribution in [1.29, 1.82) is 5.26 Å². The van der Waals surface area contributed by atoms with Gasteiger partial charge in [-0.3, -0.25) is 19.0 Å². The van der Waals surface area contributed by atoms with Crippen LogP contribution in [-0.4, -0.2) is 56.4 Å². The van der Waals surface area contributed by atoms with Crippen LogP contribution < -0.4 is 9.75 Å². The van der Waals surface area contributed by atoms with E-state index in [0.717, 1.165) is 59.6 Å². The molecular formula is C55H50F3N7O4. The van der Waals surface area contributed by atoms with Crippen LogP contribution in [-0.2, 0) is 35.2 Å². The lowest BCUT2D eigenvalue weighted by molar-refractivity contribution is -0.137. The van der Waals surface area contributed by atoms with E-state index in [0.29, 0.717) is 46.3 Å². The fourth-order valence-corrected chi connectivity index (χ4v) is 9.80.